The molecule has 4 aromatic rings. The molecular weight excluding hydrogens is 417 g/mol. The Morgan fingerprint density at radius 1 is 1.14 bits per heavy atom. The summed E-state index contributed by atoms with van der Waals surface area (Å²) in [4.78, 5) is 5.55. The van der Waals surface area contributed by atoms with E-state index in [4.69, 9.17) is 8.94 Å². The fourth-order valence-corrected chi connectivity index (χ4v) is 5.21. The molecule has 0 radical (unpaired) electrons. The predicted molar refractivity (Wildman–Crippen MR) is 105 cm³/mol. The molecule has 3 aromatic heterocycles. The minimum Gasteiger partial charge on any atom is -0.465 e. The van der Waals surface area contributed by atoms with Crippen LogP contribution in [-0.4, -0.2) is 18.6 Å². The Morgan fingerprint density at radius 3 is 2.59 bits per heavy atom. The molecule has 0 saturated carbocycles. The van der Waals surface area contributed by atoms with E-state index in [2.05, 4.69) is 14.9 Å². The lowest BCUT2D eigenvalue weighted by molar-refractivity contribution is 0.433. The van der Waals surface area contributed by atoms with Gasteiger partial charge in [0.15, 0.2) is 0 Å². The first kappa shape index (κ1) is 19.5. The first-order valence-electron chi connectivity index (χ1n) is 8.57. The van der Waals surface area contributed by atoms with E-state index in [1.165, 1.54) is 29.5 Å². The maximum Gasteiger partial charge on any atom is 0.268 e. The Morgan fingerprint density at radius 2 is 1.90 bits per heavy atom. The lowest BCUT2D eigenvalue weighted by atomic mass is 10.2. The van der Waals surface area contributed by atoms with Crippen molar-refractivity contribution in [2.45, 2.75) is 25.3 Å². The smallest absolute Gasteiger partial charge is 0.268 e. The molecule has 0 amide bonds. The van der Waals surface area contributed by atoms with Crippen molar-refractivity contribution < 1.29 is 21.7 Å². The molecule has 0 bridgehead atoms. The first-order chi connectivity index (χ1) is 13.8. The van der Waals surface area contributed by atoms with Crippen LogP contribution in [0.15, 0.2) is 56.3 Å². The van der Waals surface area contributed by atoms with E-state index in [0.717, 1.165) is 0 Å². The Hall–Kier alpha value is -2.82. The highest BCUT2D eigenvalue weighted by Gasteiger charge is 2.23. The van der Waals surface area contributed by atoms with Crippen LogP contribution in [0.1, 0.15) is 16.4 Å². The van der Waals surface area contributed by atoms with Crippen LogP contribution in [0.25, 0.3) is 22.2 Å². The fourth-order valence-electron chi connectivity index (χ4n) is 2.70. The third kappa shape index (κ3) is 4.14. The van der Waals surface area contributed by atoms with Crippen LogP contribution >= 0.6 is 11.3 Å². The molecule has 150 valence electrons. The molecule has 0 unspecified atom stereocenters. The monoisotopic (exact) mass is 433 g/mol. The number of furan rings is 1. The number of aryl methyl sites for hydroxylation is 2. The molecule has 29 heavy (non-hydrogen) atoms. The molecular formula is C19H16FN3O4S2. The van der Waals surface area contributed by atoms with Crippen molar-refractivity contribution in [3.05, 3.63) is 64.7 Å². The zero-order valence-electron chi connectivity index (χ0n) is 15.5. The lowest BCUT2D eigenvalue weighted by Gasteiger charge is -2.04. The van der Waals surface area contributed by atoms with Gasteiger partial charge in [-0.05, 0) is 56.3 Å². The zero-order chi connectivity index (χ0) is 20.6. The van der Waals surface area contributed by atoms with Gasteiger partial charge in [0.2, 0.25) is 15.8 Å². The number of nitrogens with zero attached hydrogens (tertiary/aromatic N) is 2. The number of halogens is 1. The third-order valence-electron chi connectivity index (χ3n) is 4.13. The van der Waals surface area contributed by atoms with Crippen molar-refractivity contribution in [2.24, 2.45) is 0 Å². The molecule has 4 rings (SSSR count). The Kier molecular flexibility index (Phi) is 5.07. The minimum absolute atomic E-state index is 0.0517. The molecule has 0 aliphatic heterocycles. The molecule has 3 heterocycles. The van der Waals surface area contributed by atoms with E-state index in [1.54, 1.807) is 38.1 Å². The van der Waals surface area contributed by atoms with Gasteiger partial charge in [0, 0.05) is 10.4 Å². The van der Waals surface area contributed by atoms with Crippen molar-refractivity contribution in [2.75, 3.05) is 0 Å². The van der Waals surface area contributed by atoms with E-state index in [9.17, 15) is 12.8 Å². The number of hydrogen-bond acceptors (Lipinski definition) is 7. The number of rotatable bonds is 6. The van der Waals surface area contributed by atoms with E-state index in [0.29, 0.717) is 32.7 Å². The summed E-state index contributed by atoms with van der Waals surface area (Å²) in [6.45, 7) is 3.55. The van der Waals surface area contributed by atoms with Crippen molar-refractivity contribution in [3.63, 3.8) is 0 Å². The van der Waals surface area contributed by atoms with E-state index >= 15 is 0 Å². The number of benzene rings is 1. The topological polar surface area (TPSA) is 98.2 Å². The van der Waals surface area contributed by atoms with Gasteiger partial charge in [0.05, 0.1) is 16.3 Å². The molecule has 0 atom stereocenters. The molecule has 0 aliphatic rings. The predicted octanol–water partition coefficient (Wildman–Crippen LogP) is 4.29. The molecule has 1 aromatic carbocycles. The van der Waals surface area contributed by atoms with Crippen LogP contribution in [0.3, 0.4) is 0 Å². The number of nitrogens with one attached hydrogen (secondary N) is 1. The van der Waals surface area contributed by atoms with E-state index in [-0.39, 0.29) is 23.1 Å². The molecule has 7 nitrogen and oxygen atoms in total. The standard InChI is InChI=1S/C19H16FN3O4S2/c1-11-3-8-15(26-11)10-21-29(24,25)17-9-16(28-12(17)2)19-22-18(23-27-19)13-4-6-14(20)7-5-13/h3-9,21H,10H2,1-2H3. The summed E-state index contributed by atoms with van der Waals surface area (Å²) in [6, 6.07) is 10.7. The SMILES string of the molecule is Cc1ccc(CNS(=O)(=O)c2cc(-c3nc(-c4ccc(F)cc4)no3)sc2C)o1. The minimum atomic E-state index is -3.75. The summed E-state index contributed by atoms with van der Waals surface area (Å²) in [6.07, 6.45) is 0. The van der Waals surface area contributed by atoms with Gasteiger partial charge >= 0.3 is 0 Å². The number of thiophene rings is 1. The number of hydrogen-bond donors (Lipinski definition) is 1. The molecule has 0 spiro atoms. The molecule has 0 saturated heterocycles. The van der Waals surface area contributed by atoms with Gasteiger partial charge in [-0.15, -0.1) is 11.3 Å². The van der Waals surface area contributed by atoms with Crippen LogP contribution in [0.4, 0.5) is 4.39 Å². The van der Waals surface area contributed by atoms with Gasteiger partial charge in [0.1, 0.15) is 17.3 Å². The second-order valence-electron chi connectivity index (χ2n) is 6.30. The maximum absolute atomic E-state index is 13.1. The summed E-state index contributed by atoms with van der Waals surface area (Å²) >= 11 is 1.23. The summed E-state index contributed by atoms with van der Waals surface area (Å²) in [5, 5.41) is 3.89. The number of sulfonamides is 1. The second kappa shape index (κ2) is 7.54. The Balaban J connectivity index is 1.56. The average Bonchev–Trinajstić information content (AvgIpc) is 3.40. The van der Waals surface area contributed by atoms with Crippen molar-refractivity contribution in [1.82, 2.24) is 14.9 Å². The summed E-state index contributed by atoms with van der Waals surface area (Å²) < 4.78 is 51.6. The second-order valence-corrected chi connectivity index (χ2v) is 9.29. The first-order valence-corrected chi connectivity index (χ1v) is 10.9. The van der Waals surface area contributed by atoms with Crippen LogP contribution in [0.5, 0.6) is 0 Å². The lowest BCUT2D eigenvalue weighted by Crippen LogP contribution is -2.23. The van der Waals surface area contributed by atoms with Gasteiger partial charge in [-0.2, -0.15) is 4.98 Å². The van der Waals surface area contributed by atoms with E-state index in [1.807, 2.05) is 0 Å². The van der Waals surface area contributed by atoms with Gasteiger partial charge in [-0.3, -0.25) is 0 Å². The molecule has 0 aliphatic carbocycles. The van der Waals surface area contributed by atoms with Crippen LogP contribution in [0, 0.1) is 19.7 Å². The molecule has 10 heteroatoms. The Labute approximate surface area is 170 Å². The van der Waals surface area contributed by atoms with Gasteiger partial charge in [-0.1, -0.05) is 5.16 Å². The highest BCUT2D eigenvalue weighted by atomic mass is 32.2. The van der Waals surface area contributed by atoms with Gasteiger partial charge in [-0.25, -0.2) is 17.5 Å². The third-order valence-corrected chi connectivity index (χ3v) is 6.83. The normalized spacial score (nSPS) is 11.8. The Bertz CT molecular complexity index is 1260. The summed E-state index contributed by atoms with van der Waals surface area (Å²) in [7, 11) is -3.75. The largest absolute Gasteiger partial charge is 0.465 e. The molecule has 1 N–H and O–H groups in total. The van der Waals surface area contributed by atoms with Crippen molar-refractivity contribution in [3.8, 4) is 22.2 Å². The van der Waals surface area contributed by atoms with Crippen LogP contribution < -0.4 is 4.72 Å². The summed E-state index contributed by atoms with van der Waals surface area (Å²) in [5.41, 5.74) is 0.595. The molecule has 0 fully saturated rings. The zero-order valence-corrected chi connectivity index (χ0v) is 17.1. The fraction of sp³-hybridized carbons (Fsp3) is 0.158. The highest BCUT2D eigenvalue weighted by Crippen LogP contribution is 2.33. The highest BCUT2D eigenvalue weighted by molar-refractivity contribution is 7.89. The maximum atomic E-state index is 13.1. The van der Waals surface area contributed by atoms with E-state index < -0.39 is 10.0 Å². The van der Waals surface area contributed by atoms with Crippen molar-refractivity contribution >= 4 is 21.4 Å². The van der Waals surface area contributed by atoms with Crippen LogP contribution in [0.2, 0.25) is 0 Å². The van der Waals surface area contributed by atoms with Crippen molar-refractivity contribution in [1.29, 1.82) is 0 Å². The van der Waals surface area contributed by atoms with Gasteiger partial charge < -0.3 is 8.94 Å². The average molecular weight is 433 g/mol. The van der Waals surface area contributed by atoms with Crippen LogP contribution in [-0.2, 0) is 16.6 Å². The number of aromatic nitrogens is 2. The quantitative estimate of drug-likeness (QED) is 0.487. The van der Waals surface area contributed by atoms with Gasteiger partial charge in [0.25, 0.3) is 5.89 Å². The summed E-state index contributed by atoms with van der Waals surface area (Å²) in [5.74, 6) is 1.36.